The maximum absolute atomic E-state index is 10.4. The molecule has 1 aliphatic carbocycles. The van der Waals surface area contributed by atoms with E-state index >= 15 is 0 Å². The van der Waals surface area contributed by atoms with Crippen molar-refractivity contribution >= 4 is 10.3 Å². The first-order chi connectivity index (χ1) is 4.41. The van der Waals surface area contributed by atoms with E-state index in [0.29, 0.717) is 0 Å². The highest BCUT2D eigenvalue weighted by atomic mass is 32.2. The van der Waals surface area contributed by atoms with Crippen LogP contribution in [0.2, 0.25) is 0 Å². The summed E-state index contributed by atoms with van der Waals surface area (Å²) in [6.07, 6.45) is 2.58. The molecule has 0 bridgehead atoms. The molecule has 0 aromatic rings. The first-order valence-electron chi connectivity index (χ1n) is 3.15. The Kier molecular flexibility index (Phi) is 1.74. The first kappa shape index (κ1) is 7.97. The fraction of sp³-hybridized carbons (Fsp3) is 1.00. The molecule has 1 rings (SSSR count). The molecule has 0 aromatic heterocycles. The quantitative estimate of drug-likeness (QED) is 0.633. The van der Waals surface area contributed by atoms with Crippen LogP contribution in [0.4, 0.5) is 0 Å². The zero-order valence-electron chi connectivity index (χ0n) is 5.83. The smallest absolute Gasteiger partial charge is 0.252 e. The lowest BCUT2D eigenvalue weighted by atomic mass is 9.82. The summed E-state index contributed by atoms with van der Waals surface area (Å²) in [6.45, 7) is 1.75. The van der Waals surface area contributed by atoms with Gasteiger partial charge in [0, 0.05) is 0 Å². The highest BCUT2D eigenvalue weighted by Crippen LogP contribution is 2.35. The number of hydrogen-bond donors (Lipinski definition) is 1. The maximum Gasteiger partial charge on any atom is 0.333 e. The molecule has 0 unspecified atom stereocenters. The van der Waals surface area contributed by atoms with Crippen LogP contribution < -0.4 is 5.14 Å². The van der Waals surface area contributed by atoms with Gasteiger partial charge in [0.05, 0.1) is 5.60 Å². The van der Waals surface area contributed by atoms with Crippen molar-refractivity contribution in [3.8, 4) is 0 Å². The van der Waals surface area contributed by atoms with Gasteiger partial charge in [-0.2, -0.15) is 8.42 Å². The van der Waals surface area contributed by atoms with Gasteiger partial charge in [0.25, 0.3) is 0 Å². The molecule has 0 spiro atoms. The lowest BCUT2D eigenvalue weighted by Gasteiger charge is -2.36. The largest absolute Gasteiger partial charge is 0.333 e. The van der Waals surface area contributed by atoms with Gasteiger partial charge >= 0.3 is 10.3 Å². The Morgan fingerprint density at radius 2 is 2.00 bits per heavy atom. The fourth-order valence-electron chi connectivity index (χ4n) is 1.04. The highest BCUT2D eigenvalue weighted by molar-refractivity contribution is 7.84. The van der Waals surface area contributed by atoms with E-state index in [-0.39, 0.29) is 0 Å². The third-order valence-electron chi connectivity index (χ3n) is 1.73. The Labute approximate surface area is 60.6 Å². The standard InChI is InChI=1S/C5H11NO3S/c1-5(3-2-4-5)9-10(6,7)8/h2-4H2,1H3,(H2,6,7,8). The van der Waals surface area contributed by atoms with E-state index in [1.54, 1.807) is 6.92 Å². The fourth-order valence-corrected chi connectivity index (χ4v) is 1.77. The van der Waals surface area contributed by atoms with Gasteiger partial charge in [-0.3, -0.25) is 4.18 Å². The number of nitrogens with two attached hydrogens (primary N) is 1. The Bertz CT molecular complexity index is 217. The molecule has 0 heterocycles. The van der Waals surface area contributed by atoms with Gasteiger partial charge in [0.1, 0.15) is 0 Å². The molecule has 1 aliphatic rings. The van der Waals surface area contributed by atoms with Crippen molar-refractivity contribution in [3.63, 3.8) is 0 Å². The molecule has 10 heavy (non-hydrogen) atoms. The maximum atomic E-state index is 10.4. The van der Waals surface area contributed by atoms with Crippen molar-refractivity contribution in [2.45, 2.75) is 31.8 Å². The van der Waals surface area contributed by atoms with Gasteiger partial charge in [-0.1, -0.05) is 0 Å². The zero-order chi connectivity index (χ0) is 7.83. The summed E-state index contributed by atoms with van der Waals surface area (Å²) in [5.74, 6) is 0. The topological polar surface area (TPSA) is 69.4 Å². The van der Waals surface area contributed by atoms with E-state index in [1.807, 2.05) is 0 Å². The molecule has 0 amide bonds. The van der Waals surface area contributed by atoms with Crippen LogP contribution in [0.1, 0.15) is 26.2 Å². The van der Waals surface area contributed by atoms with E-state index in [2.05, 4.69) is 9.32 Å². The van der Waals surface area contributed by atoms with E-state index < -0.39 is 15.9 Å². The summed E-state index contributed by atoms with van der Waals surface area (Å²) in [4.78, 5) is 0. The molecule has 0 saturated heterocycles. The second-order valence-corrected chi connectivity index (χ2v) is 4.03. The molecule has 4 nitrogen and oxygen atoms in total. The van der Waals surface area contributed by atoms with Crippen molar-refractivity contribution < 1.29 is 12.6 Å². The number of rotatable bonds is 2. The molecule has 1 saturated carbocycles. The van der Waals surface area contributed by atoms with Crippen molar-refractivity contribution in [1.82, 2.24) is 0 Å². The summed E-state index contributed by atoms with van der Waals surface area (Å²) in [5.41, 5.74) is -0.506. The summed E-state index contributed by atoms with van der Waals surface area (Å²) in [6, 6.07) is 0. The molecular weight excluding hydrogens is 154 g/mol. The first-order valence-corrected chi connectivity index (χ1v) is 4.62. The van der Waals surface area contributed by atoms with E-state index in [4.69, 9.17) is 0 Å². The van der Waals surface area contributed by atoms with Crippen molar-refractivity contribution in [1.29, 1.82) is 0 Å². The predicted octanol–water partition coefficient (Wildman–Crippen LogP) is 0.149. The van der Waals surface area contributed by atoms with Crippen LogP contribution in [0, 0.1) is 0 Å². The predicted molar refractivity (Wildman–Crippen MR) is 36.4 cm³/mol. The molecule has 5 heteroatoms. The second kappa shape index (κ2) is 2.18. The lowest BCUT2D eigenvalue weighted by Crippen LogP contribution is -2.40. The highest BCUT2D eigenvalue weighted by Gasteiger charge is 2.36. The van der Waals surface area contributed by atoms with Gasteiger partial charge in [0.15, 0.2) is 0 Å². The van der Waals surface area contributed by atoms with Gasteiger partial charge in [-0.15, -0.1) is 0 Å². The van der Waals surface area contributed by atoms with Crippen LogP contribution in [0.5, 0.6) is 0 Å². The monoisotopic (exact) mass is 165 g/mol. The van der Waals surface area contributed by atoms with Crippen molar-refractivity contribution in [2.24, 2.45) is 5.14 Å². The van der Waals surface area contributed by atoms with Crippen molar-refractivity contribution in [2.75, 3.05) is 0 Å². The van der Waals surface area contributed by atoms with Crippen molar-refractivity contribution in [3.05, 3.63) is 0 Å². The van der Waals surface area contributed by atoms with Gasteiger partial charge < -0.3 is 0 Å². The minimum atomic E-state index is -3.74. The molecule has 0 radical (unpaired) electrons. The summed E-state index contributed by atoms with van der Waals surface area (Å²) in [7, 11) is -3.74. The molecular formula is C5H11NO3S. The number of hydrogen-bond acceptors (Lipinski definition) is 3. The van der Waals surface area contributed by atoms with Gasteiger partial charge in [-0.25, -0.2) is 5.14 Å². The normalized spacial score (nSPS) is 23.8. The van der Waals surface area contributed by atoms with Crippen LogP contribution >= 0.6 is 0 Å². The molecule has 60 valence electrons. The van der Waals surface area contributed by atoms with Crippen LogP contribution in [-0.4, -0.2) is 14.0 Å². The minimum Gasteiger partial charge on any atom is -0.252 e. The van der Waals surface area contributed by atoms with Gasteiger partial charge in [-0.05, 0) is 26.2 Å². The molecule has 0 atom stereocenters. The molecule has 2 N–H and O–H groups in total. The van der Waals surface area contributed by atoms with E-state index in [9.17, 15) is 8.42 Å². The SMILES string of the molecule is CC1(OS(N)(=O)=O)CCC1. The van der Waals surface area contributed by atoms with Crippen LogP contribution in [0.3, 0.4) is 0 Å². The summed E-state index contributed by atoms with van der Waals surface area (Å²) in [5, 5.41) is 4.68. The Morgan fingerprint density at radius 3 is 2.10 bits per heavy atom. The third-order valence-corrected chi connectivity index (χ3v) is 2.36. The van der Waals surface area contributed by atoms with E-state index in [0.717, 1.165) is 19.3 Å². The summed E-state index contributed by atoms with van der Waals surface area (Å²) < 4.78 is 25.4. The zero-order valence-corrected chi connectivity index (χ0v) is 6.65. The Morgan fingerprint density at radius 1 is 1.50 bits per heavy atom. The molecule has 0 aliphatic heterocycles. The average Bonchev–Trinajstić information content (AvgIpc) is 1.57. The minimum absolute atomic E-state index is 0.506. The molecule has 0 aromatic carbocycles. The summed E-state index contributed by atoms with van der Waals surface area (Å²) >= 11 is 0. The van der Waals surface area contributed by atoms with Crippen LogP contribution in [-0.2, 0) is 14.5 Å². The lowest BCUT2D eigenvalue weighted by molar-refractivity contribution is 0.0180. The Balaban J connectivity index is 2.53. The van der Waals surface area contributed by atoms with E-state index in [1.165, 1.54) is 0 Å². The van der Waals surface area contributed by atoms with Crippen LogP contribution in [0.25, 0.3) is 0 Å². The average molecular weight is 165 g/mol. The third kappa shape index (κ3) is 1.93. The van der Waals surface area contributed by atoms with Gasteiger partial charge in [0.2, 0.25) is 0 Å². The second-order valence-electron chi connectivity index (χ2n) is 2.88. The Hall–Kier alpha value is -0.130. The molecule has 1 fully saturated rings. The van der Waals surface area contributed by atoms with Crippen LogP contribution in [0.15, 0.2) is 0 Å².